The van der Waals surface area contributed by atoms with Crippen molar-refractivity contribution in [2.24, 2.45) is 11.3 Å². The van der Waals surface area contributed by atoms with Crippen LogP contribution in [0.2, 0.25) is 0 Å². The fourth-order valence-corrected chi connectivity index (χ4v) is 1.71. The predicted molar refractivity (Wildman–Crippen MR) is 54.0 cm³/mol. The molecule has 0 saturated heterocycles. The second kappa shape index (κ2) is 3.96. The van der Waals surface area contributed by atoms with Crippen LogP contribution in [0.4, 0.5) is 4.79 Å². The lowest BCUT2D eigenvalue weighted by molar-refractivity contribution is 0.211. The van der Waals surface area contributed by atoms with E-state index in [1.165, 1.54) is 0 Å². The van der Waals surface area contributed by atoms with Gasteiger partial charge in [0.05, 0.1) is 0 Å². The summed E-state index contributed by atoms with van der Waals surface area (Å²) in [4.78, 5) is 11.0. The van der Waals surface area contributed by atoms with Gasteiger partial charge in [-0.25, -0.2) is 10.6 Å². The van der Waals surface area contributed by atoms with E-state index in [-0.39, 0.29) is 17.0 Å². The maximum absolute atomic E-state index is 11.0. The zero-order valence-electron chi connectivity index (χ0n) is 9.19. The number of urea groups is 1. The highest BCUT2D eigenvalue weighted by molar-refractivity contribution is 5.73. The average molecular weight is 187 g/mol. The van der Waals surface area contributed by atoms with Crippen LogP contribution in [0.25, 0.3) is 0 Å². The first-order valence-electron chi connectivity index (χ1n) is 4.45. The number of hydrazine groups is 1. The molecule has 0 aliphatic rings. The smallest absolute Gasteiger partial charge is 0.329 e. The van der Waals surface area contributed by atoms with Crippen molar-refractivity contribution in [3.63, 3.8) is 0 Å². The molecule has 0 aliphatic heterocycles. The first-order chi connectivity index (χ1) is 5.66. The number of hydrogen-bond acceptors (Lipinski definition) is 2. The molecular formula is C9H21N3O. The summed E-state index contributed by atoms with van der Waals surface area (Å²) in [6.45, 7) is 10.4. The minimum Gasteiger partial charge on any atom is -0.332 e. The molecule has 0 rings (SSSR count). The summed E-state index contributed by atoms with van der Waals surface area (Å²) in [5, 5.41) is 2.79. The van der Waals surface area contributed by atoms with E-state index >= 15 is 0 Å². The van der Waals surface area contributed by atoms with E-state index in [0.29, 0.717) is 0 Å². The molecule has 4 nitrogen and oxygen atoms in total. The van der Waals surface area contributed by atoms with Crippen LogP contribution < -0.4 is 16.6 Å². The summed E-state index contributed by atoms with van der Waals surface area (Å²) >= 11 is 0. The van der Waals surface area contributed by atoms with Gasteiger partial charge in [0.15, 0.2) is 0 Å². The minimum atomic E-state index is -0.339. The lowest BCUT2D eigenvalue weighted by atomic mass is 9.82. The zero-order valence-corrected chi connectivity index (χ0v) is 9.19. The lowest BCUT2D eigenvalue weighted by Gasteiger charge is -2.32. The van der Waals surface area contributed by atoms with Crippen molar-refractivity contribution in [3.05, 3.63) is 0 Å². The van der Waals surface area contributed by atoms with Gasteiger partial charge < -0.3 is 5.32 Å². The minimum absolute atomic E-state index is 0.186. The van der Waals surface area contributed by atoms with Gasteiger partial charge >= 0.3 is 6.03 Å². The van der Waals surface area contributed by atoms with Crippen LogP contribution in [0, 0.1) is 5.41 Å². The highest BCUT2D eigenvalue weighted by Crippen LogP contribution is 2.26. The molecule has 0 spiro atoms. The van der Waals surface area contributed by atoms with Crippen LogP contribution in [0.5, 0.6) is 0 Å². The maximum Gasteiger partial charge on any atom is 0.329 e. The molecule has 4 N–H and O–H groups in total. The number of carbonyl (C=O) groups is 1. The third kappa shape index (κ3) is 6.40. The van der Waals surface area contributed by atoms with Crippen LogP contribution in [0.15, 0.2) is 0 Å². The van der Waals surface area contributed by atoms with Gasteiger partial charge in [-0.05, 0) is 25.7 Å². The Morgan fingerprint density at radius 2 is 1.69 bits per heavy atom. The number of rotatable bonds is 2. The molecule has 0 unspecified atom stereocenters. The molecule has 0 atom stereocenters. The highest BCUT2D eigenvalue weighted by atomic mass is 16.2. The molecule has 0 aromatic heterocycles. The second-order valence-electron chi connectivity index (χ2n) is 5.22. The summed E-state index contributed by atoms with van der Waals surface area (Å²) < 4.78 is 0. The van der Waals surface area contributed by atoms with Crippen LogP contribution >= 0.6 is 0 Å². The molecule has 0 fully saturated rings. The van der Waals surface area contributed by atoms with Crippen LogP contribution in [-0.4, -0.2) is 11.6 Å². The molecule has 0 aromatic carbocycles. The SMILES string of the molecule is CC(C)(C)CC(C)(C)NC(=O)NN. The molecule has 0 radical (unpaired) electrons. The molecule has 4 heteroatoms. The molecule has 0 aromatic rings. The summed E-state index contributed by atoms with van der Waals surface area (Å²) in [7, 11) is 0. The van der Waals surface area contributed by atoms with Crippen molar-refractivity contribution in [2.45, 2.75) is 46.6 Å². The number of nitrogens with two attached hydrogens (primary N) is 1. The van der Waals surface area contributed by atoms with E-state index in [1.807, 2.05) is 13.8 Å². The van der Waals surface area contributed by atoms with Gasteiger partial charge in [0.2, 0.25) is 0 Å². The van der Waals surface area contributed by atoms with Gasteiger partial charge in [0.1, 0.15) is 0 Å². The van der Waals surface area contributed by atoms with Crippen molar-refractivity contribution in [2.75, 3.05) is 0 Å². The molecule has 13 heavy (non-hydrogen) atoms. The summed E-state index contributed by atoms with van der Waals surface area (Å²) in [6, 6.07) is -0.339. The molecule has 0 saturated carbocycles. The first kappa shape index (κ1) is 12.2. The van der Waals surface area contributed by atoms with E-state index in [1.54, 1.807) is 0 Å². The number of nitrogens with one attached hydrogen (secondary N) is 2. The first-order valence-corrected chi connectivity index (χ1v) is 4.45. The van der Waals surface area contributed by atoms with E-state index in [9.17, 15) is 4.79 Å². The van der Waals surface area contributed by atoms with Crippen LogP contribution in [-0.2, 0) is 0 Å². The standard InChI is InChI=1S/C9H21N3O/c1-8(2,3)6-9(4,5)11-7(13)12-10/h6,10H2,1-5H3,(H2,11,12,13). The van der Waals surface area contributed by atoms with Gasteiger partial charge in [0, 0.05) is 5.54 Å². The fourth-order valence-electron chi connectivity index (χ4n) is 1.71. The largest absolute Gasteiger partial charge is 0.332 e. The van der Waals surface area contributed by atoms with E-state index in [4.69, 9.17) is 5.84 Å². The normalized spacial score (nSPS) is 12.5. The third-order valence-electron chi connectivity index (χ3n) is 1.56. The predicted octanol–water partition coefficient (Wildman–Crippen LogP) is 1.37. The van der Waals surface area contributed by atoms with E-state index < -0.39 is 0 Å². The molecule has 0 aliphatic carbocycles. The Morgan fingerprint density at radius 1 is 1.23 bits per heavy atom. The lowest BCUT2D eigenvalue weighted by Crippen LogP contribution is -2.51. The summed E-state index contributed by atoms with van der Waals surface area (Å²) in [6.07, 6.45) is 0.896. The second-order valence-corrected chi connectivity index (χ2v) is 5.22. The van der Waals surface area contributed by atoms with Crippen molar-refractivity contribution < 1.29 is 4.79 Å². The Bertz CT molecular complexity index is 182. The van der Waals surface area contributed by atoms with Gasteiger partial charge in [-0.15, -0.1) is 0 Å². The Balaban J connectivity index is 4.16. The van der Waals surface area contributed by atoms with Gasteiger partial charge in [-0.3, -0.25) is 5.43 Å². The van der Waals surface area contributed by atoms with E-state index in [0.717, 1.165) is 6.42 Å². The Hall–Kier alpha value is -0.770. The highest BCUT2D eigenvalue weighted by Gasteiger charge is 2.26. The monoisotopic (exact) mass is 187 g/mol. The topological polar surface area (TPSA) is 67.2 Å². The Morgan fingerprint density at radius 3 is 2.00 bits per heavy atom. The summed E-state index contributed by atoms with van der Waals surface area (Å²) in [5.41, 5.74) is 2.01. The molecule has 0 heterocycles. The molecule has 78 valence electrons. The Labute approximate surface area is 80.2 Å². The quantitative estimate of drug-likeness (QED) is 0.347. The van der Waals surface area contributed by atoms with Crippen LogP contribution in [0.3, 0.4) is 0 Å². The molecule has 0 bridgehead atoms. The third-order valence-corrected chi connectivity index (χ3v) is 1.56. The average Bonchev–Trinajstić information content (AvgIpc) is 1.80. The number of amides is 2. The fraction of sp³-hybridized carbons (Fsp3) is 0.889. The number of hydrogen-bond donors (Lipinski definition) is 3. The van der Waals surface area contributed by atoms with Crippen molar-refractivity contribution in [1.29, 1.82) is 0 Å². The molecule has 2 amide bonds. The Kier molecular flexibility index (Phi) is 3.72. The van der Waals surface area contributed by atoms with Crippen LogP contribution in [0.1, 0.15) is 41.0 Å². The van der Waals surface area contributed by atoms with Crippen molar-refractivity contribution >= 4 is 6.03 Å². The number of carbonyl (C=O) groups excluding carboxylic acids is 1. The van der Waals surface area contributed by atoms with Gasteiger partial charge in [0.25, 0.3) is 0 Å². The van der Waals surface area contributed by atoms with Gasteiger partial charge in [-0.2, -0.15) is 0 Å². The maximum atomic E-state index is 11.0. The van der Waals surface area contributed by atoms with Crippen molar-refractivity contribution in [3.8, 4) is 0 Å². The summed E-state index contributed by atoms with van der Waals surface area (Å²) in [5.74, 6) is 4.98. The zero-order chi connectivity index (χ0) is 10.7. The van der Waals surface area contributed by atoms with Crippen molar-refractivity contribution in [1.82, 2.24) is 10.7 Å². The van der Waals surface area contributed by atoms with Gasteiger partial charge in [-0.1, -0.05) is 20.8 Å². The van der Waals surface area contributed by atoms with E-state index in [2.05, 4.69) is 31.5 Å². The molecular weight excluding hydrogens is 166 g/mol.